The first kappa shape index (κ1) is 38.2. The molecule has 2 aliphatic heterocycles. The van der Waals surface area contributed by atoms with Crippen LogP contribution in [0.3, 0.4) is 0 Å². The number of rotatable bonds is 6. The number of likely N-dealkylation sites (N-methyl/N-ethyl adjacent to an activating group) is 1. The first-order valence-electron chi connectivity index (χ1n) is 18.3. The standard InChI is InChI=1S/C38H44F3N5O6S2/c1-22-11-12-26-29(17-27(42-32(26)23(22)2)33-43-30(21-53-33)38(39,40)41)52-25-16-28-34(48)45(4)15-9-7-5-6-8-10-24-18-37(24,19-31(47)46(28)20-25)35(49)44-54(50,51)36(3)13-14-36/h8,10-12,17,21,24-25,28H,5-7,9,13-16,18-20H2,1-4H3,(H,44,49)/b10-8+/t24-,25?,28-,37+/m0/s1. The number of aromatic nitrogens is 2. The van der Waals surface area contributed by atoms with Crippen LogP contribution in [0.2, 0.25) is 0 Å². The van der Waals surface area contributed by atoms with E-state index in [2.05, 4.69) is 9.71 Å². The van der Waals surface area contributed by atoms with Gasteiger partial charge in [0.1, 0.15) is 28.6 Å². The number of halogens is 3. The number of thiazole rings is 1. The molecule has 0 bridgehead atoms. The zero-order valence-electron chi connectivity index (χ0n) is 30.7. The summed E-state index contributed by atoms with van der Waals surface area (Å²) in [4.78, 5) is 53.8. The van der Waals surface area contributed by atoms with Gasteiger partial charge >= 0.3 is 6.18 Å². The molecule has 11 nitrogen and oxygen atoms in total. The molecule has 2 saturated carbocycles. The average Bonchev–Trinajstić information content (AvgIpc) is 3.87. The molecule has 4 aliphatic rings. The molecular weight excluding hydrogens is 744 g/mol. The number of allylic oxidation sites excluding steroid dienone is 2. The lowest BCUT2D eigenvalue weighted by Crippen LogP contribution is -2.49. The van der Waals surface area contributed by atoms with Crippen molar-refractivity contribution < 1.29 is 40.7 Å². The van der Waals surface area contributed by atoms with Crippen LogP contribution in [0.1, 0.15) is 81.5 Å². The van der Waals surface area contributed by atoms with E-state index >= 15 is 0 Å². The number of alkyl halides is 3. The maximum Gasteiger partial charge on any atom is 0.434 e. The van der Waals surface area contributed by atoms with E-state index in [4.69, 9.17) is 9.72 Å². The smallest absolute Gasteiger partial charge is 0.434 e. The number of benzene rings is 1. The molecule has 16 heteroatoms. The molecule has 1 aromatic carbocycles. The molecule has 4 heterocycles. The molecule has 3 amide bonds. The largest absolute Gasteiger partial charge is 0.488 e. The molecular formula is C38H44F3N5O6S2. The second-order valence-corrected chi connectivity index (χ2v) is 18.6. The van der Waals surface area contributed by atoms with Gasteiger partial charge in [-0.3, -0.25) is 19.1 Å². The van der Waals surface area contributed by atoms with Gasteiger partial charge in [-0.1, -0.05) is 24.6 Å². The highest BCUT2D eigenvalue weighted by Gasteiger charge is 2.62. The van der Waals surface area contributed by atoms with E-state index in [1.54, 1.807) is 24.9 Å². The molecule has 54 heavy (non-hydrogen) atoms. The minimum Gasteiger partial charge on any atom is -0.488 e. The van der Waals surface area contributed by atoms with Gasteiger partial charge in [-0.15, -0.1) is 11.3 Å². The lowest BCUT2D eigenvalue weighted by Gasteiger charge is -2.29. The Hall–Kier alpha value is -4.05. The summed E-state index contributed by atoms with van der Waals surface area (Å²) in [5.74, 6) is -1.45. The van der Waals surface area contributed by atoms with Crippen molar-refractivity contribution in [3.05, 3.63) is 52.6 Å². The van der Waals surface area contributed by atoms with E-state index < -0.39 is 56.0 Å². The Kier molecular flexibility index (Phi) is 9.85. The average molecular weight is 788 g/mol. The maximum absolute atomic E-state index is 14.4. The summed E-state index contributed by atoms with van der Waals surface area (Å²) in [6.45, 7) is 5.85. The highest BCUT2D eigenvalue weighted by Crippen LogP contribution is 2.57. The summed E-state index contributed by atoms with van der Waals surface area (Å²) in [5.41, 5.74) is 0.160. The summed E-state index contributed by atoms with van der Waals surface area (Å²) in [7, 11) is -2.26. The number of hydrogen-bond acceptors (Lipinski definition) is 9. The Balaban J connectivity index is 1.21. The normalized spacial score (nSPS) is 26.8. The highest BCUT2D eigenvalue weighted by atomic mass is 32.2. The van der Waals surface area contributed by atoms with Gasteiger partial charge in [-0.05, 0) is 82.4 Å². The third-order valence-electron chi connectivity index (χ3n) is 11.6. The number of pyridine rings is 1. The van der Waals surface area contributed by atoms with Crippen molar-refractivity contribution >= 4 is 50.0 Å². The fourth-order valence-electron chi connectivity index (χ4n) is 7.51. The number of ether oxygens (including phenoxy) is 1. The van der Waals surface area contributed by atoms with Crippen molar-refractivity contribution in [1.29, 1.82) is 0 Å². The third-order valence-corrected chi connectivity index (χ3v) is 14.7. The number of nitrogens with zero attached hydrogens (tertiary/aromatic N) is 4. The predicted molar refractivity (Wildman–Crippen MR) is 197 cm³/mol. The van der Waals surface area contributed by atoms with Gasteiger partial charge in [0.05, 0.1) is 22.2 Å². The molecule has 1 saturated heterocycles. The molecule has 7 rings (SSSR count). The zero-order valence-corrected chi connectivity index (χ0v) is 32.3. The number of hydrogen-bond donors (Lipinski definition) is 1. The van der Waals surface area contributed by atoms with Gasteiger partial charge in [0.25, 0.3) is 0 Å². The number of fused-ring (bicyclic) bond motifs is 3. The van der Waals surface area contributed by atoms with Crippen LogP contribution >= 0.6 is 11.3 Å². The molecule has 3 aromatic rings. The topological polar surface area (TPSA) is 139 Å². The number of carbonyl (C=O) groups is 3. The van der Waals surface area contributed by atoms with Crippen LogP contribution < -0.4 is 9.46 Å². The first-order chi connectivity index (χ1) is 25.4. The first-order valence-corrected chi connectivity index (χ1v) is 20.7. The number of nitrogens with one attached hydrogen (secondary N) is 1. The Morgan fingerprint density at radius 1 is 1.11 bits per heavy atom. The van der Waals surface area contributed by atoms with Gasteiger partial charge in [0.15, 0.2) is 5.69 Å². The van der Waals surface area contributed by atoms with Crippen molar-refractivity contribution in [2.75, 3.05) is 20.1 Å². The van der Waals surface area contributed by atoms with Gasteiger partial charge in [0, 0.05) is 43.3 Å². The van der Waals surface area contributed by atoms with E-state index in [9.17, 15) is 36.0 Å². The van der Waals surface area contributed by atoms with E-state index in [1.165, 1.54) is 4.90 Å². The molecule has 1 unspecified atom stereocenters. The fraction of sp³-hybridized carbons (Fsp3) is 0.553. The van der Waals surface area contributed by atoms with Crippen LogP contribution in [0.4, 0.5) is 13.2 Å². The van der Waals surface area contributed by atoms with Gasteiger partial charge in [-0.2, -0.15) is 13.2 Å². The summed E-state index contributed by atoms with van der Waals surface area (Å²) in [6, 6.07) is 4.35. The van der Waals surface area contributed by atoms with E-state index in [-0.39, 0.29) is 41.9 Å². The fourth-order valence-corrected chi connectivity index (χ4v) is 9.62. The SMILES string of the molecule is Cc1ccc2c(OC3C[C@H]4C(=O)N(C)CCCCC/C=C/[C@H]5C[C@@]5(C(=O)NS(=O)(=O)C5(C)CC5)CC(=O)N4C3)cc(-c3nc(C(F)(F)F)cs3)nc2c1C. The monoisotopic (exact) mass is 787 g/mol. The third kappa shape index (κ3) is 7.23. The van der Waals surface area contributed by atoms with Gasteiger partial charge in [0.2, 0.25) is 27.7 Å². The second kappa shape index (κ2) is 13.9. The Morgan fingerprint density at radius 3 is 2.57 bits per heavy atom. The number of sulfonamides is 1. The molecule has 3 fully saturated rings. The molecule has 0 spiro atoms. The summed E-state index contributed by atoms with van der Waals surface area (Å²) in [5, 5.41) is 1.62. The van der Waals surface area contributed by atoms with E-state index in [0.29, 0.717) is 42.5 Å². The number of amides is 3. The van der Waals surface area contributed by atoms with Crippen LogP contribution in [0.15, 0.2) is 35.7 Å². The van der Waals surface area contributed by atoms with Crippen molar-refractivity contribution in [3.63, 3.8) is 0 Å². The maximum atomic E-state index is 14.4. The van der Waals surface area contributed by atoms with Crippen molar-refractivity contribution in [2.24, 2.45) is 11.3 Å². The molecule has 0 radical (unpaired) electrons. The number of carbonyl (C=O) groups excluding carboxylic acids is 3. The van der Waals surface area contributed by atoms with Crippen molar-refractivity contribution in [2.45, 2.75) is 102 Å². The minimum atomic E-state index is -4.62. The quantitative estimate of drug-likeness (QED) is 0.287. The van der Waals surface area contributed by atoms with E-state index in [1.807, 2.05) is 38.1 Å². The summed E-state index contributed by atoms with van der Waals surface area (Å²) >= 11 is 0.820. The predicted octanol–water partition coefficient (Wildman–Crippen LogP) is 6.33. The molecule has 4 atom stereocenters. The lowest BCUT2D eigenvalue weighted by atomic mass is 9.96. The zero-order chi connectivity index (χ0) is 38.8. The Bertz CT molecular complexity index is 2150. The van der Waals surface area contributed by atoms with Gasteiger partial charge in [-0.25, -0.2) is 18.4 Å². The van der Waals surface area contributed by atoms with Gasteiger partial charge < -0.3 is 14.5 Å². The van der Waals surface area contributed by atoms with E-state index in [0.717, 1.165) is 53.5 Å². The highest BCUT2D eigenvalue weighted by molar-refractivity contribution is 7.91. The summed E-state index contributed by atoms with van der Waals surface area (Å²) < 4.78 is 74.6. The number of aryl methyl sites for hydroxylation is 2. The second-order valence-electron chi connectivity index (χ2n) is 15.5. The molecule has 1 N–H and O–H groups in total. The lowest BCUT2D eigenvalue weighted by molar-refractivity contribution is -0.144. The van der Waals surface area contributed by atoms with Crippen LogP contribution in [0, 0.1) is 25.2 Å². The van der Waals surface area contributed by atoms with Crippen LogP contribution in [0.25, 0.3) is 21.6 Å². The molecule has 2 aromatic heterocycles. The molecule has 290 valence electrons. The van der Waals surface area contributed by atoms with Crippen LogP contribution in [0.5, 0.6) is 5.75 Å². The van der Waals surface area contributed by atoms with Crippen LogP contribution in [-0.4, -0.2) is 82.9 Å². The Morgan fingerprint density at radius 2 is 1.87 bits per heavy atom. The Labute approximate surface area is 316 Å². The van der Waals surface area contributed by atoms with Crippen LogP contribution in [-0.2, 0) is 30.6 Å². The van der Waals surface area contributed by atoms with Crippen molar-refractivity contribution in [3.8, 4) is 16.5 Å². The van der Waals surface area contributed by atoms with Crippen molar-refractivity contribution in [1.82, 2.24) is 24.5 Å². The summed E-state index contributed by atoms with van der Waals surface area (Å²) in [6.07, 6.45) is 2.90. The molecule has 2 aliphatic carbocycles. The minimum absolute atomic E-state index is 0.00286.